The molecule has 0 atom stereocenters. The van der Waals surface area contributed by atoms with Gasteiger partial charge in [-0.1, -0.05) is 0 Å². The third kappa shape index (κ3) is 1.13. The van der Waals surface area contributed by atoms with Gasteiger partial charge in [-0.15, -0.1) is 0 Å². The highest BCUT2D eigenvalue weighted by atomic mass is 16.7. The van der Waals surface area contributed by atoms with E-state index >= 15 is 0 Å². The first-order chi connectivity index (χ1) is 7.79. The average Bonchev–Trinajstić information content (AvgIpc) is 2.90. The third-order valence-corrected chi connectivity index (χ3v) is 2.43. The number of methoxy groups -OCH3 is 1. The Morgan fingerprint density at radius 2 is 2.19 bits per heavy atom. The van der Waals surface area contributed by atoms with Gasteiger partial charge in [-0.05, 0) is 6.07 Å². The van der Waals surface area contributed by atoms with Gasteiger partial charge < -0.3 is 14.2 Å². The predicted molar refractivity (Wildman–Crippen MR) is 53.6 cm³/mol. The van der Waals surface area contributed by atoms with Gasteiger partial charge in [-0.25, -0.2) is 4.79 Å². The Morgan fingerprint density at radius 3 is 2.94 bits per heavy atom. The molecule has 1 aromatic heterocycles. The van der Waals surface area contributed by atoms with Crippen LogP contribution >= 0.6 is 0 Å². The Morgan fingerprint density at radius 1 is 1.44 bits per heavy atom. The van der Waals surface area contributed by atoms with E-state index in [0.29, 0.717) is 22.4 Å². The van der Waals surface area contributed by atoms with Crippen molar-refractivity contribution in [2.24, 2.45) is 0 Å². The van der Waals surface area contributed by atoms with E-state index in [1.807, 2.05) is 0 Å². The lowest BCUT2D eigenvalue weighted by atomic mass is 10.2. The van der Waals surface area contributed by atoms with E-state index in [1.165, 1.54) is 7.11 Å². The second kappa shape index (κ2) is 3.13. The lowest BCUT2D eigenvalue weighted by molar-refractivity contribution is 0.0596. The summed E-state index contributed by atoms with van der Waals surface area (Å²) < 4.78 is 15.1. The molecule has 0 saturated carbocycles. The predicted octanol–water partition coefficient (Wildman–Crippen LogP) is 1.08. The van der Waals surface area contributed by atoms with E-state index in [4.69, 9.17) is 9.47 Å². The number of nitrogens with zero attached hydrogens (tertiary/aromatic N) is 1. The standard InChI is InChI=1S/C10H8N2O4/c1-14-10(13)9-5-2-7-8(16-4-15-7)3-6(5)11-12-9/h2-3H,4H2,1H3,(H,11,12). The molecule has 0 spiro atoms. The summed E-state index contributed by atoms with van der Waals surface area (Å²) in [6, 6.07) is 3.46. The van der Waals surface area contributed by atoms with Crippen molar-refractivity contribution in [3.8, 4) is 11.5 Å². The number of ether oxygens (including phenoxy) is 3. The smallest absolute Gasteiger partial charge is 0.359 e. The molecule has 1 N–H and O–H groups in total. The molecule has 0 amide bonds. The molecule has 82 valence electrons. The number of esters is 1. The number of rotatable bonds is 1. The average molecular weight is 220 g/mol. The summed E-state index contributed by atoms with van der Waals surface area (Å²) in [7, 11) is 1.32. The third-order valence-electron chi connectivity index (χ3n) is 2.43. The van der Waals surface area contributed by atoms with Crippen molar-refractivity contribution < 1.29 is 19.0 Å². The molecule has 0 fully saturated rings. The van der Waals surface area contributed by atoms with Crippen LogP contribution in [0, 0.1) is 0 Å². The normalized spacial score (nSPS) is 13.1. The molecule has 0 radical (unpaired) electrons. The van der Waals surface area contributed by atoms with Crippen LogP contribution in [-0.2, 0) is 4.74 Å². The number of aromatic amines is 1. The van der Waals surface area contributed by atoms with Crippen molar-refractivity contribution >= 4 is 16.9 Å². The van der Waals surface area contributed by atoms with Gasteiger partial charge >= 0.3 is 5.97 Å². The molecule has 6 heteroatoms. The first-order valence-corrected chi connectivity index (χ1v) is 4.65. The highest BCUT2D eigenvalue weighted by Crippen LogP contribution is 2.36. The van der Waals surface area contributed by atoms with Gasteiger partial charge in [0.2, 0.25) is 6.79 Å². The topological polar surface area (TPSA) is 73.4 Å². The van der Waals surface area contributed by atoms with Gasteiger partial charge in [0.1, 0.15) is 0 Å². The molecule has 6 nitrogen and oxygen atoms in total. The van der Waals surface area contributed by atoms with Crippen molar-refractivity contribution in [3.63, 3.8) is 0 Å². The SMILES string of the molecule is COC(=O)c1n[nH]c2cc3c(cc12)OCO3. The molecule has 1 aliphatic rings. The highest BCUT2D eigenvalue weighted by Gasteiger charge is 2.20. The Labute approximate surface area is 90.1 Å². The fourth-order valence-electron chi connectivity index (χ4n) is 1.66. The molecule has 1 aromatic carbocycles. The number of benzene rings is 1. The largest absolute Gasteiger partial charge is 0.464 e. The van der Waals surface area contributed by atoms with Crippen LogP contribution in [0.3, 0.4) is 0 Å². The van der Waals surface area contributed by atoms with Crippen molar-refractivity contribution in [2.45, 2.75) is 0 Å². The number of aromatic nitrogens is 2. The van der Waals surface area contributed by atoms with Crippen LogP contribution in [-0.4, -0.2) is 30.1 Å². The molecule has 16 heavy (non-hydrogen) atoms. The Balaban J connectivity index is 2.23. The summed E-state index contributed by atoms with van der Waals surface area (Å²) in [6.07, 6.45) is 0. The van der Waals surface area contributed by atoms with Crippen LogP contribution in [0.15, 0.2) is 12.1 Å². The van der Waals surface area contributed by atoms with E-state index in [0.717, 1.165) is 0 Å². The van der Waals surface area contributed by atoms with Crippen LogP contribution in [0.25, 0.3) is 10.9 Å². The van der Waals surface area contributed by atoms with Gasteiger partial charge in [0, 0.05) is 11.5 Å². The number of H-pyrrole nitrogens is 1. The van der Waals surface area contributed by atoms with Gasteiger partial charge in [0.05, 0.1) is 12.6 Å². The number of hydrogen-bond acceptors (Lipinski definition) is 5. The first kappa shape index (κ1) is 9.02. The van der Waals surface area contributed by atoms with Gasteiger partial charge in [0.15, 0.2) is 17.2 Å². The van der Waals surface area contributed by atoms with Crippen molar-refractivity contribution in [1.82, 2.24) is 10.2 Å². The van der Waals surface area contributed by atoms with E-state index in [9.17, 15) is 4.79 Å². The maximum absolute atomic E-state index is 11.4. The molecule has 3 rings (SSSR count). The van der Waals surface area contributed by atoms with Crippen molar-refractivity contribution in [2.75, 3.05) is 13.9 Å². The van der Waals surface area contributed by atoms with Crippen LogP contribution in [0.5, 0.6) is 11.5 Å². The lowest BCUT2D eigenvalue weighted by Gasteiger charge is -1.97. The maximum Gasteiger partial charge on any atom is 0.359 e. The highest BCUT2D eigenvalue weighted by molar-refractivity contribution is 6.02. The molecule has 0 aliphatic carbocycles. The summed E-state index contributed by atoms with van der Waals surface area (Å²) >= 11 is 0. The fraction of sp³-hybridized carbons (Fsp3) is 0.200. The number of hydrogen-bond donors (Lipinski definition) is 1. The Kier molecular flexibility index (Phi) is 1.76. The molecule has 0 bridgehead atoms. The van der Waals surface area contributed by atoms with Gasteiger partial charge in [0.25, 0.3) is 0 Å². The minimum Gasteiger partial charge on any atom is -0.464 e. The second-order valence-electron chi connectivity index (χ2n) is 3.31. The minimum absolute atomic E-state index is 0.197. The molecule has 1 aliphatic heterocycles. The zero-order chi connectivity index (χ0) is 11.1. The van der Waals surface area contributed by atoms with Crippen LogP contribution in [0.1, 0.15) is 10.5 Å². The molecular weight excluding hydrogens is 212 g/mol. The van der Waals surface area contributed by atoms with E-state index in [1.54, 1.807) is 12.1 Å². The summed E-state index contributed by atoms with van der Waals surface area (Å²) in [6.45, 7) is 0.197. The quantitative estimate of drug-likeness (QED) is 0.728. The Bertz CT molecular complexity index is 575. The molecule has 0 unspecified atom stereocenters. The monoisotopic (exact) mass is 220 g/mol. The first-order valence-electron chi connectivity index (χ1n) is 4.65. The van der Waals surface area contributed by atoms with Crippen LogP contribution < -0.4 is 9.47 Å². The number of carbonyl (C=O) groups excluding carboxylic acids is 1. The molecule has 2 heterocycles. The molecule has 0 saturated heterocycles. The fourth-order valence-corrected chi connectivity index (χ4v) is 1.66. The summed E-state index contributed by atoms with van der Waals surface area (Å²) in [5.41, 5.74) is 0.959. The van der Waals surface area contributed by atoms with Gasteiger partial charge in [-0.2, -0.15) is 5.10 Å². The van der Waals surface area contributed by atoms with E-state index in [-0.39, 0.29) is 12.5 Å². The summed E-state index contributed by atoms with van der Waals surface area (Å²) in [4.78, 5) is 11.4. The number of nitrogens with one attached hydrogen (secondary N) is 1. The number of fused-ring (bicyclic) bond motifs is 2. The molecular formula is C10H8N2O4. The van der Waals surface area contributed by atoms with E-state index in [2.05, 4.69) is 14.9 Å². The van der Waals surface area contributed by atoms with Crippen molar-refractivity contribution in [3.05, 3.63) is 17.8 Å². The van der Waals surface area contributed by atoms with Crippen LogP contribution in [0.2, 0.25) is 0 Å². The number of carbonyl (C=O) groups is 1. The lowest BCUT2D eigenvalue weighted by Crippen LogP contribution is -2.01. The second-order valence-corrected chi connectivity index (χ2v) is 3.31. The van der Waals surface area contributed by atoms with Gasteiger partial charge in [-0.3, -0.25) is 5.10 Å². The minimum atomic E-state index is -0.481. The van der Waals surface area contributed by atoms with E-state index < -0.39 is 5.97 Å². The zero-order valence-electron chi connectivity index (χ0n) is 8.44. The summed E-state index contributed by atoms with van der Waals surface area (Å²) in [5, 5.41) is 7.31. The van der Waals surface area contributed by atoms with Crippen LogP contribution in [0.4, 0.5) is 0 Å². The Hall–Kier alpha value is -2.24. The summed E-state index contributed by atoms with van der Waals surface area (Å²) in [5.74, 6) is 0.775. The maximum atomic E-state index is 11.4. The molecule has 2 aromatic rings. The van der Waals surface area contributed by atoms with Crippen molar-refractivity contribution in [1.29, 1.82) is 0 Å². The zero-order valence-corrected chi connectivity index (χ0v) is 8.44.